The van der Waals surface area contributed by atoms with Gasteiger partial charge in [0.25, 0.3) is 0 Å². The fourth-order valence-electron chi connectivity index (χ4n) is 2.35. The first kappa shape index (κ1) is 10.1. The second-order valence-electron chi connectivity index (χ2n) is 4.35. The van der Waals surface area contributed by atoms with E-state index in [1.807, 2.05) is 12.3 Å². The molecule has 0 aliphatic carbocycles. The Morgan fingerprint density at radius 3 is 2.71 bits per heavy atom. The van der Waals surface area contributed by atoms with E-state index in [-0.39, 0.29) is 6.17 Å². The van der Waals surface area contributed by atoms with Crippen molar-refractivity contribution < 1.29 is 0 Å². The van der Waals surface area contributed by atoms with E-state index >= 15 is 0 Å². The molecular formula is C14H15N3. The maximum absolute atomic E-state index is 4.36. The minimum Gasteiger partial charge on any atom is -0.348 e. The summed E-state index contributed by atoms with van der Waals surface area (Å²) in [5, 5.41) is 3.39. The largest absolute Gasteiger partial charge is 0.348 e. The van der Waals surface area contributed by atoms with Crippen LogP contribution in [-0.2, 0) is 0 Å². The van der Waals surface area contributed by atoms with Crippen molar-refractivity contribution in [3.05, 3.63) is 48.2 Å². The molecule has 0 bridgehead atoms. The van der Waals surface area contributed by atoms with Crippen molar-refractivity contribution in [1.29, 1.82) is 0 Å². The third-order valence-corrected chi connectivity index (χ3v) is 3.15. The quantitative estimate of drug-likeness (QED) is 0.807. The number of hydrogen-bond acceptors (Lipinski definition) is 3. The van der Waals surface area contributed by atoms with E-state index in [1.165, 1.54) is 11.3 Å². The Morgan fingerprint density at radius 2 is 1.88 bits per heavy atom. The Balaban J connectivity index is 2.13. The predicted molar refractivity (Wildman–Crippen MR) is 70.6 cm³/mol. The Labute approximate surface area is 101 Å². The topological polar surface area (TPSA) is 28.2 Å². The molecular weight excluding hydrogens is 210 g/mol. The van der Waals surface area contributed by atoms with Crippen molar-refractivity contribution in [2.45, 2.75) is 20.0 Å². The minimum absolute atomic E-state index is 0.237. The normalized spacial score (nSPS) is 17.8. The van der Waals surface area contributed by atoms with Crippen LogP contribution in [0.15, 0.2) is 42.6 Å². The number of hydrogen-bond donors (Lipinski definition) is 1. The van der Waals surface area contributed by atoms with Gasteiger partial charge in [-0.3, -0.25) is 0 Å². The summed E-state index contributed by atoms with van der Waals surface area (Å²) in [5.41, 5.74) is 3.66. The molecule has 86 valence electrons. The van der Waals surface area contributed by atoms with Crippen LogP contribution in [0.2, 0.25) is 0 Å². The van der Waals surface area contributed by atoms with Crippen LogP contribution in [0.4, 0.5) is 17.2 Å². The zero-order valence-electron chi connectivity index (χ0n) is 10.0. The molecule has 0 radical (unpaired) electrons. The van der Waals surface area contributed by atoms with E-state index < -0.39 is 0 Å². The monoisotopic (exact) mass is 225 g/mol. The van der Waals surface area contributed by atoms with Gasteiger partial charge in [-0.1, -0.05) is 18.2 Å². The second-order valence-corrected chi connectivity index (χ2v) is 4.35. The van der Waals surface area contributed by atoms with Gasteiger partial charge in [-0.15, -0.1) is 0 Å². The van der Waals surface area contributed by atoms with Crippen LogP contribution in [-0.4, -0.2) is 11.1 Å². The van der Waals surface area contributed by atoms with Gasteiger partial charge in [0.15, 0.2) is 5.82 Å². The van der Waals surface area contributed by atoms with Gasteiger partial charge in [-0.05, 0) is 37.6 Å². The number of anilines is 3. The number of para-hydroxylation sites is 1. The number of pyridine rings is 1. The SMILES string of the molecule is Cc1ccccc1N1c2cccnc2N[C@@H]1C. The zero-order valence-corrected chi connectivity index (χ0v) is 10.0. The highest BCUT2D eigenvalue weighted by Gasteiger charge is 2.27. The Bertz CT molecular complexity index is 551. The van der Waals surface area contributed by atoms with Crippen molar-refractivity contribution in [3.8, 4) is 0 Å². The summed E-state index contributed by atoms with van der Waals surface area (Å²) in [6.07, 6.45) is 2.06. The number of aromatic nitrogens is 1. The molecule has 3 nitrogen and oxygen atoms in total. The van der Waals surface area contributed by atoms with Crippen molar-refractivity contribution in [2.75, 3.05) is 10.2 Å². The van der Waals surface area contributed by atoms with Crippen molar-refractivity contribution in [1.82, 2.24) is 4.98 Å². The van der Waals surface area contributed by atoms with Crippen LogP contribution in [0.3, 0.4) is 0 Å². The first-order valence-electron chi connectivity index (χ1n) is 5.84. The molecule has 0 saturated carbocycles. The van der Waals surface area contributed by atoms with E-state index in [1.54, 1.807) is 0 Å². The Morgan fingerprint density at radius 1 is 1.12 bits per heavy atom. The molecule has 17 heavy (non-hydrogen) atoms. The average Bonchev–Trinajstić information content (AvgIpc) is 2.66. The van der Waals surface area contributed by atoms with Crippen molar-refractivity contribution >= 4 is 17.2 Å². The molecule has 0 saturated heterocycles. The standard InChI is InChI=1S/C14H15N3/c1-10-6-3-4-7-12(10)17-11(2)16-14-13(17)8-5-9-15-14/h3-9,11H,1-2H3,(H,15,16)/t11-/m0/s1. The van der Waals surface area contributed by atoms with Gasteiger partial charge in [0.1, 0.15) is 6.17 Å². The number of rotatable bonds is 1. The number of aryl methyl sites for hydroxylation is 1. The molecule has 1 aromatic carbocycles. The summed E-state index contributed by atoms with van der Waals surface area (Å²) in [5.74, 6) is 0.961. The molecule has 1 atom stereocenters. The van der Waals surface area contributed by atoms with Crippen LogP contribution in [0.5, 0.6) is 0 Å². The highest BCUT2D eigenvalue weighted by Crippen LogP contribution is 2.39. The van der Waals surface area contributed by atoms with Gasteiger partial charge in [0.2, 0.25) is 0 Å². The molecule has 0 spiro atoms. The lowest BCUT2D eigenvalue weighted by Gasteiger charge is -2.25. The highest BCUT2D eigenvalue weighted by molar-refractivity contribution is 5.80. The highest BCUT2D eigenvalue weighted by atomic mass is 15.3. The van der Waals surface area contributed by atoms with Gasteiger partial charge < -0.3 is 10.2 Å². The number of benzene rings is 1. The van der Waals surface area contributed by atoms with Gasteiger partial charge in [0, 0.05) is 11.9 Å². The fraction of sp³-hybridized carbons (Fsp3) is 0.214. The van der Waals surface area contributed by atoms with Crippen LogP contribution in [0.25, 0.3) is 0 Å². The van der Waals surface area contributed by atoms with E-state index in [9.17, 15) is 0 Å². The molecule has 2 heterocycles. The molecule has 0 amide bonds. The van der Waals surface area contributed by atoms with Gasteiger partial charge in [-0.25, -0.2) is 4.98 Å². The molecule has 2 aromatic rings. The molecule has 0 fully saturated rings. The maximum atomic E-state index is 4.36. The van der Waals surface area contributed by atoms with Crippen LogP contribution >= 0.6 is 0 Å². The van der Waals surface area contributed by atoms with E-state index in [2.05, 4.69) is 59.4 Å². The number of fused-ring (bicyclic) bond motifs is 1. The summed E-state index contributed by atoms with van der Waals surface area (Å²) < 4.78 is 0. The summed E-state index contributed by atoms with van der Waals surface area (Å²) >= 11 is 0. The van der Waals surface area contributed by atoms with Gasteiger partial charge >= 0.3 is 0 Å². The van der Waals surface area contributed by atoms with Crippen molar-refractivity contribution in [2.24, 2.45) is 0 Å². The van der Waals surface area contributed by atoms with E-state index in [4.69, 9.17) is 0 Å². The number of nitrogens with zero attached hydrogens (tertiary/aromatic N) is 2. The maximum Gasteiger partial charge on any atom is 0.151 e. The van der Waals surface area contributed by atoms with Gasteiger partial charge in [0.05, 0.1) is 5.69 Å². The third kappa shape index (κ3) is 1.55. The summed E-state index contributed by atoms with van der Waals surface area (Å²) in [4.78, 5) is 6.65. The second kappa shape index (κ2) is 3.77. The molecule has 1 aromatic heterocycles. The Hall–Kier alpha value is -2.03. The molecule has 1 N–H and O–H groups in total. The van der Waals surface area contributed by atoms with Crippen LogP contribution in [0.1, 0.15) is 12.5 Å². The lowest BCUT2D eigenvalue weighted by Crippen LogP contribution is -2.28. The minimum atomic E-state index is 0.237. The lowest BCUT2D eigenvalue weighted by molar-refractivity contribution is 0.838. The van der Waals surface area contributed by atoms with Crippen LogP contribution in [0, 0.1) is 6.92 Å². The van der Waals surface area contributed by atoms with E-state index in [0.717, 1.165) is 11.5 Å². The third-order valence-electron chi connectivity index (χ3n) is 3.15. The smallest absolute Gasteiger partial charge is 0.151 e. The predicted octanol–water partition coefficient (Wildman–Crippen LogP) is 3.30. The molecule has 1 aliphatic rings. The molecule has 3 rings (SSSR count). The van der Waals surface area contributed by atoms with Crippen LogP contribution < -0.4 is 10.2 Å². The summed E-state index contributed by atoms with van der Waals surface area (Å²) in [6.45, 7) is 4.28. The zero-order chi connectivity index (χ0) is 11.8. The summed E-state index contributed by atoms with van der Waals surface area (Å²) in [6, 6.07) is 12.5. The number of nitrogens with one attached hydrogen (secondary N) is 1. The fourth-order valence-corrected chi connectivity index (χ4v) is 2.35. The first-order valence-corrected chi connectivity index (χ1v) is 5.84. The summed E-state index contributed by atoms with van der Waals surface area (Å²) in [7, 11) is 0. The average molecular weight is 225 g/mol. The first-order chi connectivity index (χ1) is 8.27. The Kier molecular flexibility index (Phi) is 2.25. The molecule has 1 aliphatic heterocycles. The van der Waals surface area contributed by atoms with Crippen molar-refractivity contribution in [3.63, 3.8) is 0 Å². The molecule has 3 heteroatoms. The van der Waals surface area contributed by atoms with Gasteiger partial charge in [-0.2, -0.15) is 0 Å². The lowest BCUT2D eigenvalue weighted by atomic mass is 10.1. The molecule has 0 unspecified atom stereocenters. The van der Waals surface area contributed by atoms with E-state index in [0.29, 0.717) is 0 Å².